The lowest BCUT2D eigenvalue weighted by Crippen LogP contribution is -2.22. The Balaban J connectivity index is 2.05. The molecule has 0 aromatic heterocycles. The van der Waals surface area contributed by atoms with Gasteiger partial charge in [0.2, 0.25) is 0 Å². The zero-order valence-corrected chi connectivity index (χ0v) is 10.1. The first-order valence-electron chi connectivity index (χ1n) is 5.67. The summed E-state index contributed by atoms with van der Waals surface area (Å²) in [6.07, 6.45) is 0. The van der Waals surface area contributed by atoms with Gasteiger partial charge < -0.3 is 16.2 Å². The van der Waals surface area contributed by atoms with Crippen molar-refractivity contribution in [2.75, 3.05) is 5.73 Å². The van der Waals surface area contributed by atoms with Crippen LogP contribution in [0.1, 0.15) is 15.9 Å². The zero-order valence-electron chi connectivity index (χ0n) is 10.1. The highest BCUT2D eigenvalue weighted by Crippen LogP contribution is 2.18. The van der Waals surface area contributed by atoms with E-state index >= 15 is 0 Å². The van der Waals surface area contributed by atoms with Crippen LogP contribution in [0, 0.1) is 5.82 Å². The van der Waals surface area contributed by atoms with Gasteiger partial charge >= 0.3 is 0 Å². The summed E-state index contributed by atoms with van der Waals surface area (Å²) in [7, 11) is 0. The largest absolute Gasteiger partial charge is 0.507 e. The molecule has 0 spiro atoms. The monoisotopic (exact) mass is 260 g/mol. The third-order valence-electron chi connectivity index (χ3n) is 2.61. The Morgan fingerprint density at radius 1 is 1.26 bits per heavy atom. The molecule has 0 aliphatic rings. The lowest BCUT2D eigenvalue weighted by Gasteiger charge is -2.07. The van der Waals surface area contributed by atoms with Crippen molar-refractivity contribution in [2.24, 2.45) is 0 Å². The standard InChI is InChI=1S/C14H13FN2O2/c15-10-4-5-12(13(18)7-10)14(19)17-8-9-2-1-3-11(16)6-9/h1-7,18H,8,16H2,(H,17,19). The molecule has 5 heteroatoms. The minimum atomic E-state index is -0.593. The minimum absolute atomic E-state index is 0.0327. The van der Waals surface area contributed by atoms with Crippen LogP contribution in [0.2, 0.25) is 0 Å². The molecule has 0 fully saturated rings. The SMILES string of the molecule is Nc1cccc(CNC(=O)c2ccc(F)cc2O)c1. The van der Waals surface area contributed by atoms with Crippen molar-refractivity contribution in [3.8, 4) is 5.75 Å². The number of phenols is 1. The molecule has 2 aromatic rings. The van der Waals surface area contributed by atoms with E-state index in [0.717, 1.165) is 17.7 Å². The maximum Gasteiger partial charge on any atom is 0.255 e. The number of carbonyl (C=O) groups excluding carboxylic acids is 1. The molecule has 2 rings (SSSR count). The first kappa shape index (κ1) is 12.9. The number of anilines is 1. The third-order valence-corrected chi connectivity index (χ3v) is 2.61. The Labute approximate surface area is 109 Å². The molecule has 0 aliphatic carbocycles. The van der Waals surface area contributed by atoms with Crippen LogP contribution in [0.5, 0.6) is 5.75 Å². The normalized spacial score (nSPS) is 10.2. The van der Waals surface area contributed by atoms with Crippen LogP contribution in [0.15, 0.2) is 42.5 Å². The predicted octanol–water partition coefficient (Wildman–Crippen LogP) is 2.04. The van der Waals surface area contributed by atoms with Crippen LogP contribution < -0.4 is 11.1 Å². The van der Waals surface area contributed by atoms with Crippen molar-refractivity contribution in [1.29, 1.82) is 0 Å². The highest BCUT2D eigenvalue weighted by atomic mass is 19.1. The number of nitrogens with one attached hydrogen (secondary N) is 1. The van der Waals surface area contributed by atoms with Crippen molar-refractivity contribution < 1.29 is 14.3 Å². The summed E-state index contributed by atoms with van der Waals surface area (Å²) in [6.45, 7) is 0.278. The Kier molecular flexibility index (Phi) is 3.66. The quantitative estimate of drug-likeness (QED) is 0.739. The summed E-state index contributed by atoms with van der Waals surface area (Å²) in [5.74, 6) is -1.45. The first-order chi connectivity index (χ1) is 9.06. The molecule has 0 unspecified atom stereocenters. The van der Waals surface area contributed by atoms with Gasteiger partial charge in [-0.1, -0.05) is 12.1 Å². The summed E-state index contributed by atoms with van der Waals surface area (Å²) in [5.41, 5.74) is 7.11. The van der Waals surface area contributed by atoms with E-state index in [-0.39, 0.29) is 17.9 Å². The van der Waals surface area contributed by atoms with Crippen LogP contribution >= 0.6 is 0 Å². The van der Waals surface area contributed by atoms with E-state index < -0.39 is 11.7 Å². The summed E-state index contributed by atoms with van der Waals surface area (Å²) in [6, 6.07) is 10.3. The maximum atomic E-state index is 12.8. The van der Waals surface area contributed by atoms with Gasteiger partial charge in [-0.2, -0.15) is 0 Å². The molecule has 0 aliphatic heterocycles. The molecule has 0 bridgehead atoms. The lowest BCUT2D eigenvalue weighted by molar-refractivity contribution is 0.0948. The van der Waals surface area contributed by atoms with E-state index in [9.17, 15) is 14.3 Å². The molecule has 98 valence electrons. The molecule has 1 amide bonds. The number of benzene rings is 2. The molecule has 0 heterocycles. The fraction of sp³-hybridized carbons (Fsp3) is 0.0714. The molecule has 0 saturated heterocycles. The van der Waals surface area contributed by atoms with Gasteiger partial charge in [-0.25, -0.2) is 4.39 Å². The van der Waals surface area contributed by atoms with E-state index in [0.29, 0.717) is 5.69 Å². The van der Waals surface area contributed by atoms with Gasteiger partial charge in [-0.3, -0.25) is 4.79 Å². The van der Waals surface area contributed by atoms with Gasteiger partial charge in [-0.05, 0) is 29.8 Å². The Hall–Kier alpha value is -2.56. The number of phenolic OH excluding ortho intramolecular Hbond substituents is 1. The number of hydrogen-bond acceptors (Lipinski definition) is 3. The van der Waals surface area contributed by atoms with Crippen LogP contribution in [0.3, 0.4) is 0 Å². The second-order valence-electron chi connectivity index (χ2n) is 4.09. The number of hydrogen-bond donors (Lipinski definition) is 3. The molecule has 0 atom stereocenters. The number of halogens is 1. The Morgan fingerprint density at radius 3 is 2.74 bits per heavy atom. The van der Waals surface area contributed by atoms with Crippen molar-refractivity contribution in [1.82, 2.24) is 5.32 Å². The van der Waals surface area contributed by atoms with E-state index in [4.69, 9.17) is 5.73 Å². The highest BCUT2D eigenvalue weighted by Gasteiger charge is 2.11. The molecular weight excluding hydrogens is 247 g/mol. The second-order valence-corrected chi connectivity index (χ2v) is 4.09. The van der Waals surface area contributed by atoms with Crippen LogP contribution in [0.4, 0.5) is 10.1 Å². The Bertz CT molecular complexity index is 614. The molecule has 19 heavy (non-hydrogen) atoms. The zero-order chi connectivity index (χ0) is 13.8. The van der Waals surface area contributed by atoms with Crippen molar-refractivity contribution >= 4 is 11.6 Å². The number of rotatable bonds is 3. The van der Waals surface area contributed by atoms with E-state index in [2.05, 4.69) is 5.32 Å². The smallest absolute Gasteiger partial charge is 0.255 e. The van der Waals surface area contributed by atoms with Crippen molar-refractivity contribution in [3.63, 3.8) is 0 Å². The van der Waals surface area contributed by atoms with Crippen molar-refractivity contribution in [2.45, 2.75) is 6.54 Å². The topological polar surface area (TPSA) is 75.3 Å². The second kappa shape index (κ2) is 5.39. The van der Waals surface area contributed by atoms with E-state index in [1.165, 1.54) is 6.07 Å². The van der Waals surface area contributed by atoms with Gasteiger partial charge in [0.05, 0.1) is 5.56 Å². The number of nitrogens with two attached hydrogens (primary N) is 1. The fourth-order valence-corrected chi connectivity index (χ4v) is 1.68. The summed E-state index contributed by atoms with van der Waals surface area (Å²) in [4.78, 5) is 11.8. The average molecular weight is 260 g/mol. The minimum Gasteiger partial charge on any atom is -0.507 e. The molecule has 0 radical (unpaired) electrons. The van der Waals surface area contributed by atoms with Gasteiger partial charge in [0, 0.05) is 18.3 Å². The number of carbonyl (C=O) groups is 1. The third kappa shape index (κ3) is 3.22. The number of nitrogen functional groups attached to an aromatic ring is 1. The summed E-state index contributed by atoms with van der Waals surface area (Å²) < 4.78 is 12.8. The molecule has 2 aromatic carbocycles. The fourth-order valence-electron chi connectivity index (χ4n) is 1.68. The molecule has 4 N–H and O–H groups in total. The van der Waals surface area contributed by atoms with Crippen molar-refractivity contribution in [3.05, 3.63) is 59.4 Å². The van der Waals surface area contributed by atoms with Crippen LogP contribution in [0.25, 0.3) is 0 Å². The maximum absolute atomic E-state index is 12.8. The average Bonchev–Trinajstić information content (AvgIpc) is 2.36. The molecule has 4 nitrogen and oxygen atoms in total. The number of aromatic hydroxyl groups is 1. The number of amides is 1. The van der Waals surface area contributed by atoms with Gasteiger partial charge in [0.15, 0.2) is 0 Å². The summed E-state index contributed by atoms with van der Waals surface area (Å²) >= 11 is 0. The van der Waals surface area contributed by atoms with Gasteiger partial charge in [-0.15, -0.1) is 0 Å². The lowest BCUT2D eigenvalue weighted by atomic mass is 10.1. The predicted molar refractivity (Wildman–Crippen MR) is 70.1 cm³/mol. The van der Waals surface area contributed by atoms with Crippen LogP contribution in [-0.2, 0) is 6.54 Å². The molecular formula is C14H13FN2O2. The van der Waals surface area contributed by atoms with Crippen LogP contribution in [-0.4, -0.2) is 11.0 Å². The van der Waals surface area contributed by atoms with Gasteiger partial charge in [0.1, 0.15) is 11.6 Å². The van der Waals surface area contributed by atoms with E-state index in [1.54, 1.807) is 18.2 Å². The summed E-state index contributed by atoms with van der Waals surface area (Å²) in [5, 5.41) is 12.1. The Morgan fingerprint density at radius 2 is 2.05 bits per heavy atom. The first-order valence-corrected chi connectivity index (χ1v) is 5.67. The highest BCUT2D eigenvalue weighted by molar-refractivity contribution is 5.96. The van der Waals surface area contributed by atoms with Gasteiger partial charge in [0.25, 0.3) is 5.91 Å². The molecule has 0 saturated carbocycles. The van der Waals surface area contributed by atoms with E-state index in [1.807, 2.05) is 6.07 Å².